The summed E-state index contributed by atoms with van der Waals surface area (Å²) in [4.78, 5) is 46.1. The van der Waals surface area contributed by atoms with Gasteiger partial charge < -0.3 is 0 Å². The van der Waals surface area contributed by atoms with Crippen molar-refractivity contribution in [3.8, 4) is 0 Å². The number of carbonyl (C=O) groups is 4. The molecule has 0 aromatic rings. The fraction of sp³-hybridized carbons (Fsp3) is 0.500. The Morgan fingerprint density at radius 1 is 0.800 bits per heavy atom. The van der Waals surface area contributed by atoms with E-state index in [2.05, 4.69) is 8.57 Å². The van der Waals surface area contributed by atoms with Crippen molar-refractivity contribution in [2.75, 3.05) is 0 Å². The van der Waals surface area contributed by atoms with E-state index in [0.29, 0.717) is 0 Å². The first-order valence-corrected chi connectivity index (χ1v) is 9.69. The van der Waals surface area contributed by atoms with Crippen LogP contribution in [0.15, 0.2) is 0 Å². The van der Waals surface area contributed by atoms with Crippen LogP contribution in [0.5, 0.6) is 0 Å². The van der Waals surface area contributed by atoms with Gasteiger partial charge >= 0.3 is 0 Å². The second-order valence-electron chi connectivity index (χ2n) is 4.69. The Labute approximate surface area is 143 Å². The minimum Gasteiger partial charge on any atom is -0.285 e. The maximum Gasteiger partial charge on any atom is 0.277 e. The predicted octanol–water partition coefficient (Wildman–Crippen LogP) is -2.56. The van der Waals surface area contributed by atoms with Gasteiger partial charge in [-0.1, -0.05) is 0 Å². The van der Waals surface area contributed by atoms with Crippen molar-refractivity contribution in [3.05, 3.63) is 0 Å². The topological polar surface area (TPSA) is 202 Å². The molecule has 2 aliphatic heterocycles. The van der Waals surface area contributed by atoms with Crippen molar-refractivity contribution in [3.63, 3.8) is 0 Å². The van der Waals surface area contributed by atoms with Crippen molar-refractivity contribution in [2.45, 2.75) is 23.3 Å². The number of carbonyl (C=O) groups excluding carboxylic acids is 4. The summed E-state index contributed by atoms with van der Waals surface area (Å²) >= 11 is -0.296. The maximum absolute atomic E-state index is 11.6. The molecule has 2 fully saturated rings. The molecule has 4 amide bonds. The van der Waals surface area contributed by atoms with Gasteiger partial charge in [-0.3, -0.25) is 28.3 Å². The van der Waals surface area contributed by atoms with Crippen molar-refractivity contribution in [2.24, 2.45) is 0 Å². The molecule has 17 heteroatoms. The molecule has 2 aliphatic rings. The molecule has 2 rings (SSSR count). The Morgan fingerprint density at radius 2 is 1.12 bits per heavy atom. The van der Waals surface area contributed by atoms with Gasteiger partial charge in [-0.25, -0.2) is 0 Å². The molecule has 0 aliphatic carbocycles. The molecule has 2 atom stereocenters. The first-order valence-electron chi connectivity index (χ1n) is 6.01. The van der Waals surface area contributed by atoms with E-state index in [1.807, 2.05) is 0 Å². The highest BCUT2D eigenvalue weighted by Crippen LogP contribution is 2.26. The first kappa shape index (κ1) is 19.7. The molecule has 0 aromatic heterocycles. The third-order valence-electron chi connectivity index (χ3n) is 3.05. The van der Waals surface area contributed by atoms with E-state index in [1.165, 1.54) is 0 Å². The third kappa shape index (κ3) is 3.97. The summed E-state index contributed by atoms with van der Waals surface area (Å²) in [5.41, 5.74) is 0. The summed E-state index contributed by atoms with van der Waals surface area (Å²) in [6, 6.07) is 0. The van der Waals surface area contributed by atoms with Crippen LogP contribution < -0.4 is 0 Å². The van der Waals surface area contributed by atoms with E-state index in [1.54, 1.807) is 0 Å². The van der Waals surface area contributed by atoms with Crippen LogP contribution >= 0.6 is 12.3 Å². The average Bonchev–Trinajstić information content (AvgIpc) is 2.90. The standard InChI is InChI=1S/C8H8N2O12S3/c11-5-1-3(24(15,16)17)7(13)9(5)21-23-22-10-6(12)2-4(8(10)14)25(18,19)20/h3-4H,1-2H2,(H,15,16,17)(H,18,19,20). The minimum atomic E-state index is -4.85. The number of hydroxylamine groups is 4. The molecule has 2 heterocycles. The van der Waals surface area contributed by atoms with Crippen LogP contribution in [0.1, 0.15) is 12.8 Å². The molecular formula is C8H8N2O12S3. The molecule has 2 saturated heterocycles. The molecule has 25 heavy (non-hydrogen) atoms. The van der Waals surface area contributed by atoms with Crippen molar-refractivity contribution < 1.29 is 53.7 Å². The Morgan fingerprint density at radius 3 is 1.36 bits per heavy atom. The number of hydrogen-bond donors (Lipinski definition) is 2. The lowest BCUT2D eigenvalue weighted by Crippen LogP contribution is -2.35. The van der Waals surface area contributed by atoms with Gasteiger partial charge in [-0.2, -0.15) is 25.4 Å². The van der Waals surface area contributed by atoms with Gasteiger partial charge in [-0.05, 0) is 0 Å². The number of amides is 4. The average molecular weight is 420 g/mol. The Kier molecular flexibility index (Phi) is 5.19. The number of hydrogen-bond acceptors (Lipinski definition) is 11. The van der Waals surface area contributed by atoms with Crippen LogP contribution in [0.2, 0.25) is 0 Å². The molecule has 14 nitrogen and oxygen atoms in total. The first-order chi connectivity index (χ1) is 11.3. The van der Waals surface area contributed by atoms with E-state index in [9.17, 15) is 36.0 Å². The van der Waals surface area contributed by atoms with Crippen LogP contribution in [-0.2, 0) is 48.0 Å². The molecule has 2 N–H and O–H groups in total. The van der Waals surface area contributed by atoms with E-state index in [4.69, 9.17) is 9.11 Å². The molecular weight excluding hydrogens is 412 g/mol. The highest BCUT2D eigenvalue weighted by Gasteiger charge is 2.49. The number of nitrogens with zero attached hydrogens (tertiary/aromatic N) is 2. The van der Waals surface area contributed by atoms with E-state index < -0.39 is 67.2 Å². The Bertz CT molecular complexity index is 778. The number of imide groups is 2. The van der Waals surface area contributed by atoms with Crippen LogP contribution in [0.25, 0.3) is 0 Å². The molecule has 0 saturated carbocycles. The van der Waals surface area contributed by atoms with Gasteiger partial charge in [0.2, 0.25) is 12.3 Å². The van der Waals surface area contributed by atoms with Gasteiger partial charge in [0.25, 0.3) is 43.9 Å². The van der Waals surface area contributed by atoms with E-state index in [0.717, 1.165) is 0 Å². The molecule has 0 radical (unpaired) electrons. The fourth-order valence-corrected chi connectivity index (χ4v) is 3.73. The van der Waals surface area contributed by atoms with Crippen molar-refractivity contribution in [1.29, 1.82) is 0 Å². The maximum atomic E-state index is 11.6. The summed E-state index contributed by atoms with van der Waals surface area (Å²) in [5, 5.41) is -4.29. The SMILES string of the molecule is O=C1CC(S(=O)(=O)O)C(=O)N1OSON1C(=O)CC(S(=O)(=O)O)C1=O. The summed E-state index contributed by atoms with van der Waals surface area (Å²) in [6.07, 6.45) is -1.80. The van der Waals surface area contributed by atoms with Gasteiger partial charge in [0.1, 0.15) is 0 Å². The summed E-state index contributed by atoms with van der Waals surface area (Å²) in [7, 11) is -9.71. The van der Waals surface area contributed by atoms with Crippen molar-refractivity contribution >= 4 is 56.2 Å². The summed E-state index contributed by atoms with van der Waals surface area (Å²) in [6.45, 7) is 0. The zero-order valence-corrected chi connectivity index (χ0v) is 14.1. The minimum absolute atomic E-state index is 0.0750. The van der Waals surface area contributed by atoms with Gasteiger partial charge in [0.15, 0.2) is 10.5 Å². The predicted molar refractivity (Wildman–Crippen MR) is 73.4 cm³/mol. The third-order valence-corrected chi connectivity index (χ3v) is 5.65. The zero-order valence-electron chi connectivity index (χ0n) is 11.7. The monoisotopic (exact) mass is 420 g/mol. The lowest BCUT2D eigenvalue weighted by atomic mass is 10.4. The molecule has 140 valence electrons. The lowest BCUT2D eigenvalue weighted by Gasteiger charge is -2.14. The Balaban J connectivity index is 1.97. The number of rotatable bonds is 6. The molecule has 0 spiro atoms. The van der Waals surface area contributed by atoms with E-state index >= 15 is 0 Å². The van der Waals surface area contributed by atoms with Crippen LogP contribution in [0.3, 0.4) is 0 Å². The van der Waals surface area contributed by atoms with Gasteiger partial charge in [0, 0.05) is 0 Å². The smallest absolute Gasteiger partial charge is 0.277 e. The van der Waals surface area contributed by atoms with Crippen LogP contribution in [-0.4, -0.2) is 70.2 Å². The van der Waals surface area contributed by atoms with Gasteiger partial charge in [-0.15, -0.1) is 10.1 Å². The normalized spacial score (nSPS) is 25.4. The molecule has 0 aromatic carbocycles. The largest absolute Gasteiger partial charge is 0.285 e. The quantitative estimate of drug-likeness (QED) is 0.258. The van der Waals surface area contributed by atoms with E-state index in [-0.39, 0.29) is 22.5 Å². The zero-order chi connectivity index (χ0) is 19.2. The highest BCUT2D eigenvalue weighted by molar-refractivity contribution is 7.90. The fourth-order valence-electron chi connectivity index (χ4n) is 1.86. The van der Waals surface area contributed by atoms with Gasteiger partial charge in [0.05, 0.1) is 12.8 Å². The van der Waals surface area contributed by atoms with Crippen molar-refractivity contribution in [1.82, 2.24) is 10.1 Å². The second-order valence-corrected chi connectivity index (χ2v) is 8.32. The highest BCUT2D eigenvalue weighted by atomic mass is 32.2. The Hall–Kier alpha value is -1.63. The lowest BCUT2D eigenvalue weighted by molar-refractivity contribution is -0.169. The van der Waals surface area contributed by atoms with Crippen LogP contribution in [0, 0.1) is 0 Å². The summed E-state index contributed by atoms with van der Waals surface area (Å²) in [5.74, 6) is -5.17. The summed E-state index contributed by atoms with van der Waals surface area (Å²) < 4.78 is 70.1. The molecule has 0 bridgehead atoms. The van der Waals surface area contributed by atoms with Crippen LogP contribution in [0.4, 0.5) is 0 Å². The second kappa shape index (κ2) is 6.59. The molecule has 2 unspecified atom stereocenters.